The number of para-hydroxylation sites is 1. The molecule has 0 fully saturated rings. The summed E-state index contributed by atoms with van der Waals surface area (Å²) in [6, 6.07) is 11.2. The van der Waals surface area contributed by atoms with Crippen molar-refractivity contribution in [3.8, 4) is 0 Å². The van der Waals surface area contributed by atoms with Crippen molar-refractivity contribution < 1.29 is 8.42 Å². The number of nitrogens with zero attached hydrogens (tertiary/aromatic N) is 3. The lowest BCUT2D eigenvalue weighted by Crippen LogP contribution is -2.29. The van der Waals surface area contributed by atoms with Crippen molar-refractivity contribution in [3.05, 3.63) is 42.0 Å². The Labute approximate surface area is 130 Å². The molecule has 2 rings (SSSR count). The summed E-state index contributed by atoms with van der Waals surface area (Å²) in [7, 11) is -0.698. The van der Waals surface area contributed by atoms with E-state index in [-0.39, 0.29) is 5.82 Å². The summed E-state index contributed by atoms with van der Waals surface area (Å²) in [5.41, 5.74) is 2.13. The number of aryl methyl sites for hydroxylation is 1. The third kappa shape index (κ3) is 3.92. The number of hydrogen-bond donors (Lipinski definition) is 2. The zero-order valence-electron chi connectivity index (χ0n) is 12.7. The van der Waals surface area contributed by atoms with Crippen LogP contribution in [-0.4, -0.2) is 37.0 Å². The first-order chi connectivity index (χ1) is 10.4. The van der Waals surface area contributed by atoms with Gasteiger partial charge >= 0.3 is 10.2 Å². The SMILES string of the molecule is CCc1ccccc1Nc1ccc(NS(=O)(=O)N(C)C)nn1. The lowest BCUT2D eigenvalue weighted by Gasteiger charge is -2.13. The van der Waals surface area contributed by atoms with Gasteiger partial charge in [-0.05, 0) is 30.2 Å². The Morgan fingerprint density at radius 3 is 2.27 bits per heavy atom. The van der Waals surface area contributed by atoms with Crippen LogP contribution in [0, 0.1) is 0 Å². The highest BCUT2D eigenvalue weighted by Crippen LogP contribution is 2.20. The van der Waals surface area contributed by atoms with Gasteiger partial charge in [-0.1, -0.05) is 25.1 Å². The van der Waals surface area contributed by atoms with E-state index >= 15 is 0 Å². The van der Waals surface area contributed by atoms with Crippen LogP contribution in [0.1, 0.15) is 12.5 Å². The molecule has 0 aliphatic carbocycles. The molecule has 1 aromatic heterocycles. The fraction of sp³-hybridized carbons (Fsp3) is 0.286. The van der Waals surface area contributed by atoms with Crippen LogP contribution >= 0.6 is 0 Å². The number of hydrogen-bond acceptors (Lipinski definition) is 5. The Bertz CT molecular complexity index is 729. The standard InChI is InChI=1S/C14H19N5O2S/c1-4-11-7-5-6-8-12(11)15-13-9-10-14(17-16-13)18-22(20,21)19(2)3/h5-10H,4H2,1-3H3,(H,15,16)(H,17,18). The molecule has 0 unspecified atom stereocenters. The normalized spacial score (nSPS) is 11.5. The van der Waals surface area contributed by atoms with Gasteiger partial charge in [0.25, 0.3) is 0 Å². The third-order valence-electron chi connectivity index (χ3n) is 3.04. The molecule has 8 heteroatoms. The van der Waals surface area contributed by atoms with E-state index in [1.165, 1.54) is 19.7 Å². The van der Waals surface area contributed by atoms with Crippen molar-refractivity contribution in [1.82, 2.24) is 14.5 Å². The fourth-order valence-electron chi connectivity index (χ4n) is 1.77. The molecule has 0 saturated carbocycles. The second-order valence-electron chi connectivity index (χ2n) is 4.83. The van der Waals surface area contributed by atoms with Crippen LogP contribution in [0.3, 0.4) is 0 Å². The number of aromatic nitrogens is 2. The molecular weight excluding hydrogens is 302 g/mol. The molecular formula is C14H19N5O2S. The highest BCUT2D eigenvalue weighted by Gasteiger charge is 2.13. The maximum atomic E-state index is 11.7. The average molecular weight is 321 g/mol. The van der Waals surface area contributed by atoms with Crippen LogP contribution in [0.5, 0.6) is 0 Å². The Hall–Kier alpha value is -2.19. The van der Waals surface area contributed by atoms with Crippen molar-refractivity contribution in [2.75, 3.05) is 24.1 Å². The first kappa shape index (κ1) is 16.2. The van der Waals surface area contributed by atoms with Crippen LogP contribution in [-0.2, 0) is 16.6 Å². The van der Waals surface area contributed by atoms with E-state index in [4.69, 9.17) is 0 Å². The quantitative estimate of drug-likeness (QED) is 0.850. The van der Waals surface area contributed by atoms with Gasteiger partial charge < -0.3 is 5.32 Å². The Kier molecular flexibility index (Phi) is 4.94. The third-order valence-corrected chi connectivity index (χ3v) is 4.47. The summed E-state index contributed by atoms with van der Waals surface area (Å²) >= 11 is 0. The molecule has 0 atom stereocenters. The van der Waals surface area contributed by atoms with Crippen LogP contribution in [0.25, 0.3) is 0 Å². The van der Waals surface area contributed by atoms with Crippen molar-refractivity contribution >= 4 is 27.5 Å². The second-order valence-corrected chi connectivity index (χ2v) is 6.71. The van der Waals surface area contributed by atoms with E-state index in [0.29, 0.717) is 5.82 Å². The van der Waals surface area contributed by atoms with Crippen LogP contribution in [0.15, 0.2) is 36.4 Å². The fourth-order valence-corrected chi connectivity index (χ4v) is 2.32. The Morgan fingerprint density at radius 2 is 1.68 bits per heavy atom. The summed E-state index contributed by atoms with van der Waals surface area (Å²) < 4.78 is 26.8. The molecule has 2 N–H and O–H groups in total. The molecule has 2 aromatic rings. The second kappa shape index (κ2) is 6.71. The molecule has 22 heavy (non-hydrogen) atoms. The van der Waals surface area contributed by atoms with Gasteiger partial charge in [-0.15, -0.1) is 10.2 Å². The minimum absolute atomic E-state index is 0.169. The minimum atomic E-state index is -3.57. The zero-order chi connectivity index (χ0) is 16.2. The molecule has 0 aliphatic rings. The average Bonchev–Trinajstić information content (AvgIpc) is 2.49. The summed E-state index contributed by atoms with van der Waals surface area (Å²) in [6.07, 6.45) is 0.900. The molecule has 0 bridgehead atoms. The van der Waals surface area contributed by atoms with Gasteiger partial charge in [0.1, 0.15) is 0 Å². The maximum Gasteiger partial charge on any atom is 0.302 e. The van der Waals surface area contributed by atoms with Crippen LogP contribution in [0.2, 0.25) is 0 Å². The van der Waals surface area contributed by atoms with E-state index < -0.39 is 10.2 Å². The first-order valence-electron chi connectivity index (χ1n) is 6.81. The van der Waals surface area contributed by atoms with E-state index in [1.54, 1.807) is 12.1 Å². The first-order valence-corrected chi connectivity index (χ1v) is 8.25. The summed E-state index contributed by atoms with van der Waals surface area (Å²) in [5, 5.41) is 11.0. The highest BCUT2D eigenvalue weighted by atomic mass is 32.2. The monoisotopic (exact) mass is 321 g/mol. The van der Waals surface area contributed by atoms with Crippen molar-refractivity contribution in [2.24, 2.45) is 0 Å². The minimum Gasteiger partial charge on any atom is -0.339 e. The van der Waals surface area contributed by atoms with Crippen LogP contribution in [0.4, 0.5) is 17.3 Å². The number of nitrogens with one attached hydrogen (secondary N) is 2. The smallest absolute Gasteiger partial charge is 0.302 e. The number of rotatable bonds is 6. The summed E-state index contributed by atoms with van der Waals surface area (Å²) in [4.78, 5) is 0. The van der Waals surface area contributed by atoms with Crippen LogP contribution < -0.4 is 10.0 Å². The Balaban J connectivity index is 2.13. The molecule has 0 saturated heterocycles. The van der Waals surface area contributed by atoms with E-state index in [0.717, 1.165) is 16.4 Å². The summed E-state index contributed by atoms with van der Waals surface area (Å²) in [5.74, 6) is 0.719. The molecule has 0 aliphatic heterocycles. The molecule has 0 amide bonds. The maximum absolute atomic E-state index is 11.7. The Morgan fingerprint density at radius 1 is 1.05 bits per heavy atom. The van der Waals surface area contributed by atoms with E-state index in [2.05, 4.69) is 27.2 Å². The molecule has 1 heterocycles. The topological polar surface area (TPSA) is 87.2 Å². The molecule has 0 radical (unpaired) electrons. The molecule has 7 nitrogen and oxygen atoms in total. The predicted molar refractivity (Wildman–Crippen MR) is 87.4 cm³/mol. The van der Waals surface area contributed by atoms with Crippen molar-refractivity contribution in [1.29, 1.82) is 0 Å². The number of anilines is 3. The lowest BCUT2D eigenvalue weighted by molar-refractivity contribution is 0.526. The lowest BCUT2D eigenvalue weighted by atomic mass is 10.1. The van der Waals surface area contributed by atoms with Gasteiger partial charge in [-0.3, -0.25) is 4.72 Å². The summed E-state index contributed by atoms with van der Waals surface area (Å²) in [6.45, 7) is 2.07. The molecule has 118 valence electrons. The van der Waals surface area contributed by atoms with E-state index in [9.17, 15) is 8.42 Å². The van der Waals surface area contributed by atoms with E-state index in [1.807, 2.05) is 24.3 Å². The highest BCUT2D eigenvalue weighted by molar-refractivity contribution is 7.90. The van der Waals surface area contributed by atoms with Gasteiger partial charge in [-0.2, -0.15) is 12.7 Å². The molecule has 1 aromatic carbocycles. The number of benzene rings is 1. The molecule has 0 spiro atoms. The van der Waals surface area contributed by atoms with Gasteiger partial charge in [0.05, 0.1) is 0 Å². The zero-order valence-corrected chi connectivity index (χ0v) is 13.6. The van der Waals surface area contributed by atoms with Crippen molar-refractivity contribution in [3.63, 3.8) is 0 Å². The van der Waals surface area contributed by atoms with Gasteiger partial charge in [0.15, 0.2) is 11.6 Å². The van der Waals surface area contributed by atoms with Gasteiger partial charge in [0.2, 0.25) is 0 Å². The predicted octanol–water partition coefficient (Wildman–Crippen LogP) is 2.00. The van der Waals surface area contributed by atoms with Gasteiger partial charge in [-0.25, -0.2) is 0 Å². The van der Waals surface area contributed by atoms with Crippen molar-refractivity contribution in [2.45, 2.75) is 13.3 Å². The van der Waals surface area contributed by atoms with Gasteiger partial charge in [0, 0.05) is 19.8 Å². The largest absolute Gasteiger partial charge is 0.339 e.